The van der Waals surface area contributed by atoms with E-state index in [4.69, 9.17) is 16.0 Å². The van der Waals surface area contributed by atoms with Crippen LogP contribution < -0.4 is 0 Å². The predicted octanol–water partition coefficient (Wildman–Crippen LogP) is 2.78. The summed E-state index contributed by atoms with van der Waals surface area (Å²) in [5, 5.41) is 4.42. The Bertz CT molecular complexity index is 501. The molecule has 0 unspecified atom stereocenters. The number of alkyl halides is 1. The number of aromatic nitrogens is 3. The van der Waals surface area contributed by atoms with Gasteiger partial charge < -0.3 is 4.42 Å². The SMILES string of the molecule is CCc1c(C)nn(-c2nc(CCl)co2)c1C. The molecule has 0 N–H and O–H groups in total. The molecule has 0 bridgehead atoms. The van der Waals surface area contributed by atoms with E-state index in [1.54, 1.807) is 10.9 Å². The third kappa shape index (κ3) is 1.73. The predicted molar refractivity (Wildman–Crippen MR) is 62.0 cm³/mol. The molecular weight excluding hydrogens is 226 g/mol. The van der Waals surface area contributed by atoms with Crippen molar-refractivity contribution in [1.29, 1.82) is 0 Å². The smallest absolute Gasteiger partial charge is 0.323 e. The van der Waals surface area contributed by atoms with Crippen LogP contribution in [0.4, 0.5) is 0 Å². The van der Waals surface area contributed by atoms with Crippen molar-refractivity contribution in [1.82, 2.24) is 14.8 Å². The third-order valence-corrected chi connectivity index (χ3v) is 2.93. The van der Waals surface area contributed by atoms with E-state index in [9.17, 15) is 0 Å². The molecule has 86 valence electrons. The Kier molecular flexibility index (Phi) is 3.01. The molecule has 5 heteroatoms. The van der Waals surface area contributed by atoms with E-state index in [1.165, 1.54) is 5.56 Å². The number of hydrogen-bond donors (Lipinski definition) is 0. The van der Waals surface area contributed by atoms with Crippen LogP contribution in [0.25, 0.3) is 6.01 Å². The Balaban J connectivity index is 2.47. The van der Waals surface area contributed by atoms with Crippen LogP contribution in [0.3, 0.4) is 0 Å². The molecule has 16 heavy (non-hydrogen) atoms. The summed E-state index contributed by atoms with van der Waals surface area (Å²) in [5.41, 5.74) is 4.06. The van der Waals surface area contributed by atoms with Crippen LogP contribution in [0.5, 0.6) is 0 Å². The quantitative estimate of drug-likeness (QED) is 0.774. The zero-order valence-electron chi connectivity index (χ0n) is 9.62. The molecule has 0 fully saturated rings. The summed E-state index contributed by atoms with van der Waals surface area (Å²) in [4.78, 5) is 4.25. The maximum absolute atomic E-state index is 5.68. The zero-order chi connectivity index (χ0) is 11.7. The maximum atomic E-state index is 5.68. The maximum Gasteiger partial charge on any atom is 0.323 e. The Hall–Kier alpha value is -1.29. The van der Waals surface area contributed by atoms with E-state index < -0.39 is 0 Å². The second kappa shape index (κ2) is 4.29. The van der Waals surface area contributed by atoms with Crippen LogP contribution in [0.2, 0.25) is 0 Å². The van der Waals surface area contributed by atoms with Crippen LogP contribution in [0.15, 0.2) is 10.7 Å². The molecule has 2 aromatic rings. The average molecular weight is 240 g/mol. The molecule has 0 saturated carbocycles. The van der Waals surface area contributed by atoms with E-state index >= 15 is 0 Å². The highest BCUT2D eigenvalue weighted by Gasteiger charge is 2.14. The summed E-state index contributed by atoms with van der Waals surface area (Å²) in [6, 6.07) is 0.482. The summed E-state index contributed by atoms with van der Waals surface area (Å²) >= 11 is 5.68. The fourth-order valence-electron chi connectivity index (χ4n) is 1.83. The van der Waals surface area contributed by atoms with Crippen molar-refractivity contribution < 1.29 is 4.42 Å². The van der Waals surface area contributed by atoms with Gasteiger partial charge in [-0.1, -0.05) is 6.92 Å². The van der Waals surface area contributed by atoms with Crippen LogP contribution in [0, 0.1) is 13.8 Å². The van der Waals surface area contributed by atoms with E-state index in [2.05, 4.69) is 17.0 Å². The van der Waals surface area contributed by atoms with E-state index in [1.807, 2.05) is 13.8 Å². The van der Waals surface area contributed by atoms with E-state index in [0.717, 1.165) is 23.5 Å². The van der Waals surface area contributed by atoms with Crippen LogP contribution in [-0.2, 0) is 12.3 Å². The second-order valence-electron chi connectivity index (χ2n) is 3.67. The molecule has 0 aliphatic heterocycles. The number of nitrogens with zero attached hydrogens (tertiary/aromatic N) is 3. The molecule has 0 aliphatic carbocycles. The van der Waals surface area contributed by atoms with Crippen molar-refractivity contribution in [3.8, 4) is 6.01 Å². The summed E-state index contributed by atoms with van der Waals surface area (Å²) in [7, 11) is 0. The van der Waals surface area contributed by atoms with Crippen molar-refractivity contribution in [2.45, 2.75) is 33.1 Å². The molecule has 2 heterocycles. The minimum absolute atomic E-state index is 0.351. The first kappa shape index (κ1) is 11.2. The average Bonchev–Trinajstić information content (AvgIpc) is 2.83. The van der Waals surface area contributed by atoms with Crippen molar-refractivity contribution in [3.63, 3.8) is 0 Å². The molecule has 0 atom stereocenters. The lowest BCUT2D eigenvalue weighted by molar-refractivity contribution is 0.504. The Labute approximate surface area is 99.2 Å². The van der Waals surface area contributed by atoms with Crippen LogP contribution in [0.1, 0.15) is 29.6 Å². The van der Waals surface area contributed by atoms with Gasteiger partial charge in [0.1, 0.15) is 6.26 Å². The number of oxazole rings is 1. The van der Waals surface area contributed by atoms with Crippen molar-refractivity contribution in [2.75, 3.05) is 0 Å². The van der Waals surface area contributed by atoms with Gasteiger partial charge in [0, 0.05) is 5.69 Å². The fourth-order valence-corrected chi connectivity index (χ4v) is 1.95. The molecule has 0 amide bonds. The molecule has 4 nitrogen and oxygen atoms in total. The monoisotopic (exact) mass is 239 g/mol. The minimum atomic E-state index is 0.351. The van der Waals surface area contributed by atoms with E-state index in [0.29, 0.717) is 11.9 Å². The van der Waals surface area contributed by atoms with Gasteiger partial charge in [0.15, 0.2) is 0 Å². The first-order valence-corrected chi connectivity index (χ1v) is 5.76. The summed E-state index contributed by atoms with van der Waals surface area (Å²) < 4.78 is 7.07. The number of aryl methyl sites for hydroxylation is 1. The summed E-state index contributed by atoms with van der Waals surface area (Å²) in [5.74, 6) is 0.351. The first-order valence-electron chi connectivity index (χ1n) is 5.23. The lowest BCUT2D eigenvalue weighted by Gasteiger charge is -1.98. The number of hydrogen-bond acceptors (Lipinski definition) is 3. The second-order valence-corrected chi connectivity index (χ2v) is 3.94. The Morgan fingerprint density at radius 1 is 1.44 bits per heavy atom. The van der Waals surface area contributed by atoms with Crippen molar-refractivity contribution in [2.24, 2.45) is 0 Å². The van der Waals surface area contributed by atoms with Gasteiger partial charge in [-0.2, -0.15) is 14.8 Å². The third-order valence-electron chi connectivity index (χ3n) is 2.65. The summed E-state index contributed by atoms with van der Waals surface area (Å²) in [6.45, 7) is 6.12. The zero-order valence-corrected chi connectivity index (χ0v) is 10.4. The highest BCUT2D eigenvalue weighted by atomic mass is 35.5. The lowest BCUT2D eigenvalue weighted by Crippen LogP contribution is -2.00. The van der Waals surface area contributed by atoms with Gasteiger partial charge >= 0.3 is 6.01 Å². The fraction of sp³-hybridized carbons (Fsp3) is 0.455. The lowest BCUT2D eigenvalue weighted by atomic mass is 10.1. The molecule has 0 spiro atoms. The number of rotatable bonds is 3. The Morgan fingerprint density at radius 2 is 2.19 bits per heavy atom. The summed E-state index contributed by atoms with van der Waals surface area (Å²) in [6.07, 6.45) is 2.52. The molecule has 0 saturated heterocycles. The molecule has 0 aromatic carbocycles. The Morgan fingerprint density at radius 3 is 2.69 bits per heavy atom. The highest BCUT2D eigenvalue weighted by molar-refractivity contribution is 6.16. The van der Waals surface area contributed by atoms with Gasteiger partial charge in [0.25, 0.3) is 0 Å². The topological polar surface area (TPSA) is 43.9 Å². The van der Waals surface area contributed by atoms with Gasteiger partial charge in [-0.25, -0.2) is 0 Å². The van der Waals surface area contributed by atoms with Gasteiger partial charge in [0.05, 0.1) is 17.3 Å². The van der Waals surface area contributed by atoms with E-state index in [-0.39, 0.29) is 0 Å². The van der Waals surface area contributed by atoms with Gasteiger partial charge in [0.2, 0.25) is 0 Å². The molecular formula is C11H14ClN3O. The normalized spacial score (nSPS) is 11.0. The van der Waals surface area contributed by atoms with Gasteiger partial charge in [-0.3, -0.25) is 0 Å². The largest absolute Gasteiger partial charge is 0.430 e. The highest BCUT2D eigenvalue weighted by Crippen LogP contribution is 2.18. The van der Waals surface area contributed by atoms with Crippen LogP contribution >= 0.6 is 11.6 Å². The van der Waals surface area contributed by atoms with Gasteiger partial charge in [-0.05, 0) is 25.8 Å². The minimum Gasteiger partial charge on any atom is -0.430 e. The molecule has 2 aromatic heterocycles. The van der Waals surface area contributed by atoms with Crippen LogP contribution in [-0.4, -0.2) is 14.8 Å². The molecule has 0 aliphatic rings. The molecule has 0 radical (unpaired) electrons. The number of halogens is 1. The molecule has 2 rings (SSSR count). The van der Waals surface area contributed by atoms with Crippen molar-refractivity contribution in [3.05, 3.63) is 28.9 Å². The van der Waals surface area contributed by atoms with Gasteiger partial charge in [-0.15, -0.1) is 11.6 Å². The standard InChI is InChI=1S/C11H14ClN3O/c1-4-10-7(2)14-15(8(10)3)11-13-9(5-12)6-16-11/h6H,4-5H2,1-3H3. The first-order chi connectivity index (χ1) is 7.67. The van der Waals surface area contributed by atoms with Crippen molar-refractivity contribution >= 4 is 11.6 Å².